The van der Waals surface area contributed by atoms with Crippen LogP contribution in [0.5, 0.6) is 0 Å². The lowest BCUT2D eigenvalue weighted by molar-refractivity contribution is 0.0347. The number of benzene rings is 2. The van der Waals surface area contributed by atoms with Crippen LogP contribution in [0, 0.1) is 0 Å². The van der Waals surface area contributed by atoms with Gasteiger partial charge in [-0.15, -0.1) is 12.4 Å². The minimum Gasteiger partial charge on any atom is -0.386 e. The van der Waals surface area contributed by atoms with E-state index >= 15 is 0 Å². The summed E-state index contributed by atoms with van der Waals surface area (Å²) in [6.07, 6.45) is -0.569. The second kappa shape index (κ2) is 10.4. The zero-order valence-electron chi connectivity index (χ0n) is 13.8. The number of hydrogen-bond donors (Lipinski definition) is 1. The Labute approximate surface area is 145 Å². The number of halogens is 1. The van der Waals surface area contributed by atoms with Crippen LogP contribution in [0.3, 0.4) is 0 Å². The van der Waals surface area contributed by atoms with E-state index in [2.05, 4.69) is 24.0 Å². The van der Waals surface area contributed by atoms with Gasteiger partial charge in [-0.1, -0.05) is 67.6 Å². The standard InChI is InChI=1S/C19H25NO2.ClH/c1-3-20(14-15-22-2)18(16-10-6-4-7-11-16)19(21)17-12-8-5-9-13-17;/h4-13,18-19,21H,3,14-15H2,1-2H3;1H. The lowest BCUT2D eigenvalue weighted by Crippen LogP contribution is -2.35. The molecule has 0 aromatic heterocycles. The Balaban J connectivity index is 0.00000264. The van der Waals surface area contributed by atoms with Crippen molar-refractivity contribution in [1.29, 1.82) is 0 Å². The maximum absolute atomic E-state index is 11.0. The van der Waals surface area contributed by atoms with Gasteiger partial charge < -0.3 is 9.84 Å². The highest BCUT2D eigenvalue weighted by Gasteiger charge is 2.27. The van der Waals surface area contributed by atoms with Gasteiger partial charge >= 0.3 is 0 Å². The van der Waals surface area contributed by atoms with Crippen LogP contribution < -0.4 is 0 Å². The summed E-state index contributed by atoms with van der Waals surface area (Å²) in [5.74, 6) is 0. The van der Waals surface area contributed by atoms with Crippen molar-refractivity contribution in [2.24, 2.45) is 0 Å². The molecule has 0 bridgehead atoms. The second-order valence-electron chi connectivity index (χ2n) is 5.33. The molecule has 1 N–H and O–H groups in total. The van der Waals surface area contributed by atoms with Gasteiger partial charge in [0.05, 0.1) is 18.8 Å². The van der Waals surface area contributed by atoms with Crippen LogP contribution in [-0.4, -0.2) is 36.8 Å². The summed E-state index contributed by atoms with van der Waals surface area (Å²) >= 11 is 0. The Morgan fingerprint density at radius 3 is 1.96 bits per heavy atom. The van der Waals surface area contributed by atoms with Crippen molar-refractivity contribution in [2.45, 2.75) is 19.1 Å². The number of rotatable bonds is 8. The van der Waals surface area contributed by atoms with Crippen molar-refractivity contribution in [3.8, 4) is 0 Å². The van der Waals surface area contributed by atoms with Crippen LogP contribution in [0.2, 0.25) is 0 Å². The summed E-state index contributed by atoms with van der Waals surface area (Å²) in [5.41, 5.74) is 2.06. The molecule has 0 aliphatic rings. The number of ether oxygens (including phenoxy) is 1. The lowest BCUT2D eigenvalue weighted by Gasteiger charge is -2.34. The second-order valence-corrected chi connectivity index (χ2v) is 5.33. The third-order valence-electron chi connectivity index (χ3n) is 3.96. The fourth-order valence-corrected chi connectivity index (χ4v) is 2.78. The molecule has 0 saturated carbocycles. The number of likely N-dealkylation sites (N-methyl/N-ethyl adjacent to an activating group) is 1. The van der Waals surface area contributed by atoms with Crippen LogP contribution in [-0.2, 0) is 4.74 Å². The van der Waals surface area contributed by atoms with E-state index < -0.39 is 6.10 Å². The molecule has 0 saturated heterocycles. The first-order valence-corrected chi connectivity index (χ1v) is 7.78. The molecule has 0 spiro atoms. The Hall–Kier alpha value is -1.39. The van der Waals surface area contributed by atoms with Crippen molar-refractivity contribution in [3.05, 3.63) is 71.8 Å². The number of nitrogens with zero attached hydrogens (tertiary/aromatic N) is 1. The van der Waals surface area contributed by atoms with Crippen LogP contribution in [0.4, 0.5) is 0 Å². The van der Waals surface area contributed by atoms with Crippen molar-refractivity contribution in [2.75, 3.05) is 26.8 Å². The van der Waals surface area contributed by atoms with E-state index in [-0.39, 0.29) is 18.4 Å². The van der Waals surface area contributed by atoms with E-state index in [0.717, 1.165) is 24.2 Å². The maximum atomic E-state index is 11.0. The van der Waals surface area contributed by atoms with Gasteiger partial charge in [-0.3, -0.25) is 4.90 Å². The minimum atomic E-state index is -0.569. The third-order valence-corrected chi connectivity index (χ3v) is 3.96. The highest BCUT2D eigenvalue weighted by atomic mass is 35.5. The molecule has 126 valence electrons. The first-order chi connectivity index (χ1) is 10.8. The molecule has 2 aromatic carbocycles. The monoisotopic (exact) mass is 335 g/mol. The molecule has 0 aliphatic carbocycles. The molecule has 2 aromatic rings. The van der Waals surface area contributed by atoms with E-state index in [1.165, 1.54) is 0 Å². The van der Waals surface area contributed by atoms with Gasteiger partial charge in [0.15, 0.2) is 0 Å². The zero-order valence-corrected chi connectivity index (χ0v) is 14.6. The van der Waals surface area contributed by atoms with Gasteiger partial charge in [-0.2, -0.15) is 0 Å². The Bertz CT molecular complexity index is 536. The number of aliphatic hydroxyl groups excluding tert-OH is 1. The first kappa shape index (κ1) is 19.7. The van der Waals surface area contributed by atoms with Crippen molar-refractivity contribution < 1.29 is 9.84 Å². The summed E-state index contributed by atoms with van der Waals surface area (Å²) in [5, 5.41) is 11.0. The molecule has 4 heteroatoms. The Kier molecular flexibility index (Phi) is 8.89. The predicted molar refractivity (Wildman–Crippen MR) is 97.0 cm³/mol. The van der Waals surface area contributed by atoms with E-state index in [0.29, 0.717) is 6.61 Å². The fourth-order valence-electron chi connectivity index (χ4n) is 2.78. The molecule has 3 nitrogen and oxygen atoms in total. The van der Waals surface area contributed by atoms with Crippen molar-refractivity contribution in [3.63, 3.8) is 0 Å². The number of hydrogen-bond acceptors (Lipinski definition) is 3. The quantitative estimate of drug-likeness (QED) is 0.795. The van der Waals surface area contributed by atoms with Gasteiger partial charge in [0.1, 0.15) is 0 Å². The van der Waals surface area contributed by atoms with Crippen LogP contribution in [0.15, 0.2) is 60.7 Å². The van der Waals surface area contributed by atoms with Gasteiger partial charge in [0.2, 0.25) is 0 Å². The van der Waals surface area contributed by atoms with Gasteiger partial charge in [-0.25, -0.2) is 0 Å². The van der Waals surface area contributed by atoms with E-state index in [4.69, 9.17) is 4.74 Å². The van der Waals surface area contributed by atoms with Crippen molar-refractivity contribution >= 4 is 12.4 Å². The first-order valence-electron chi connectivity index (χ1n) is 7.78. The molecule has 2 atom stereocenters. The molecule has 2 unspecified atom stereocenters. The fraction of sp³-hybridized carbons (Fsp3) is 0.368. The number of aliphatic hydroxyl groups is 1. The minimum absolute atomic E-state index is 0. The molecule has 0 radical (unpaired) electrons. The van der Waals surface area contributed by atoms with E-state index in [9.17, 15) is 5.11 Å². The maximum Gasteiger partial charge on any atom is 0.0986 e. The lowest BCUT2D eigenvalue weighted by atomic mass is 9.94. The highest BCUT2D eigenvalue weighted by molar-refractivity contribution is 5.85. The smallest absolute Gasteiger partial charge is 0.0986 e. The number of methoxy groups -OCH3 is 1. The summed E-state index contributed by atoms with van der Waals surface area (Å²) in [7, 11) is 1.71. The largest absolute Gasteiger partial charge is 0.386 e. The zero-order chi connectivity index (χ0) is 15.8. The molecule has 0 amide bonds. The third kappa shape index (κ3) is 5.33. The summed E-state index contributed by atoms with van der Waals surface area (Å²) < 4.78 is 5.22. The molecule has 0 heterocycles. The summed E-state index contributed by atoms with van der Waals surface area (Å²) in [6.45, 7) is 4.41. The topological polar surface area (TPSA) is 32.7 Å². The average molecular weight is 336 g/mol. The SMILES string of the molecule is CCN(CCOC)C(c1ccccc1)C(O)c1ccccc1.Cl. The van der Waals surface area contributed by atoms with Gasteiger partial charge in [0.25, 0.3) is 0 Å². The predicted octanol–water partition coefficient (Wildman–Crippen LogP) is 3.85. The Morgan fingerprint density at radius 1 is 0.957 bits per heavy atom. The summed E-state index contributed by atoms with van der Waals surface area (Å²) in [4.78, 5) is 2.26. The molecular formula is C19H26ClNO2. The van der Waals surface area contributed by atoms with E-state index in [1.807, 2.05) is 48.5 Å². The normalized spacial score (nSPS) is 13.4. The average Bonchev–Trinajstić information content (AvgIpc) is 2.59. The van der Waals surface area contributed by atoms with E-state index in [1.54, 1.807) is 7.11 Å². The van der Waals surface area contributed by atoms with Crippen LogP contribution >= 0.6 is 12.4 Å². The molecule has 23 heavy (non-hydrogen) atoms. The van der Waals surface area contributed by atoms with Gasteiger partial charge in [0, 0.05) is 13.7 Å². The van der Waals surface area contributed by atoms with Gasteiger partial charge in [-0.05, 0) is 17.7 Å². The van der Waals surface area contributed by atoms with Crippen LogP contribution in [0.1, 0.15) is 30.2 Å². The van der Waals surface area contributed by atoms with Crippen molar-refractivity contribution in [1.82, 2.24) is 4.90 Å². The highest BCUT2D eigenvalue weighted by Crippen LogP contribution is 2.33. The molecular weight excluding hydrogens is 310 g/mol. The molecule has 0 aliphatic heterocycles. The summed E-state index contributed by atoms with van der Waals surface area (Å²) in [6, 6.07) is 20.0. The van der Waals surface area contributed by atoms with Crippen LogP contribution in [0.25, 0.3) is 0 Å². The molecule has 0 fully saturated rings. The molecule has 2 rings (SSSR count). The Morgan fingerprint density at radius 2 is 1.48 bits per heavy atom.